The number of benzene rings is 1. The van der Waals surface area contributed by atoms with Crippen LogP contribution in [0.2, 0.25) is 0 Å². The molecule has 0 fully saturated rings. The topological polar surface area (TPSA) is 59.3 Å². The van der Waals surface area contributed by atoms with E-state index in [1.807, 2.05) is 17.9 Å². The molecule has 2 aromatic rings. The van der Waals surface area contributed by atoms with Crippen LogP contribution < -0.4 is 10.1 Å². The van der Waals surface area contributed by atoms with E-state index < -0.39 is 0 Å². The average molecular weight is 247 g/mol. The van der Waals surface area contributed by atoms with Crippen molar-refractivity contribution in [2.45, 2.75) is 13.0 Å². The number of aromatic hydroxyl groups is 1. The van der Waals surface area contributed by atoms with Gasteiger partial charge in [0.1, 0.15) is 11.5 Å². The molecule has 1 aromatic heterocycles. The van der Waals surface area contributed by atoms with E-state index in [4.69, 9.17) is 9.84 Å². The van der Waals surface area contributed by atoms with E-state index in [2.05, 4.69) is 10.4 Å². The number of phenols is 1. The van der Waals surface area contributed by atoms with Crippen molar-refractivity contribution in [3.8, 4) is 17.2 Å². The Bertz CT molecular complexity index is 479. The van der Waals surface area contributed by atoms with Crippen molar-refractivity contribution in [1.29, 1.82) is 0 Å². The molecular weight excluding hydrogens is 230 g/mol. The van der Waals surface area contributed by atoms with E-state index in [1.54, 1.807) is 30.5 Å². The Balaban J connectivity index is 1.91. The summed E-state index contributed by atoms with van der Waals surface area (Å²) in [6, 6.07) is 6.61. The van der Waals surface area contributed by atoms with Gasteiger partial charge < -0.3 is 15.2 Å². The highest BCUT2D eigenvalue weighted by Gasteiger charge is 2.01. The van der Waals surface area contributed by atoms with Gasteiger partial charge in [-0.15, -0.1) is 0 Å². The van der Waals surface area contributed by atoms with Gasteiger partial charge >= 0.3 is 0 Å². The average Bonchev–Trinajstić information content (AvgIpc) is 2.80. The largest absolute Gasteiger partial charge is 0.508 e. The van der Waals surface area contributed by atoms with Crippen LogP contribution >= 0.6 is 0 Å². The van der Waals surface area contributed by atoms with Gasteiger partial charge in [0.15, 0.2) is 5.75 Å². The fourth-order valence-corrected chi connectivity index (χ4v) is 1.59. The minimum Gasteiger partial charge on any atom is -0.508 e. The maximum absolute atomic E-state index is 9.17. The zero-order valence-electron chi connectivity index (χ0n) is 10.3. The second-order valence-electron chi connectivity index (χ2n) is 3.99. The molecule has 1 aromatic carbocycles. The number of aryl methyl sites for hydroxylation is 1. The maximum atomic E-state index is 9.17. The van der Waals surface area contributed by atoms with Crippen molar-refractivity contribution in [3.63, 3.8) is 0 Å². The molecule has 96 valence electrons. The standard InChI is InChI=1S/C13H17N3O2/c1-14-7-2-8-16-10-13(9-15-16)18-12-5-3-11(17)4-6-12/h3-6,9-10,14,17H,2,7-8H2,1H3. The van der Waals surface area contributed by atoms with Crippen LogP contribution in [0, 0.1) is 0 Å². The van der Waals surface area contributed by atoms with Gasteiger partial charge in [-0.3, -0.25) is 4.68 Å². The molecule has 0 bridgehead atoms. The minimum absolute atomic E-state index is 0.227. The molecule has 2 N–H and O–H groups in total. The predicted octanol–water partition coefficient (Wildman–Crippen LogP) is 1.99. The second kappa shape index (κ2) is 6.07. The van der Waals surface area contributed by atoms with Gasteiger partial charge in [-0.2, -0.15) is 5.10 Å². The number of hydrogen-bond acceptors (Lipinski definition) is 4. The lowest BCUT2D eigenvalue weighted by molar-refractivity contribution is 0.463. The Morgan fingerprint density at radius 2 is 2.06 bits per heavy atom. The molecule has 1 heterocycles. The minimum atomic E-state index is 0.227. The van der Waals surface area contributed by atoms with Crippen LogP contribution in [0.25, 0.3) is 0 Å². The zero-order chi connectivity index (χ0) is 12.8. The van der Waals surface area contributed by atoms with Crippen molar-refractivity contribution in [2.75, 3.05) is 13.6 Å². The van der Waals surface area contributed by atoms with E-state index in [0.29, 0.717) is 11.5 Å². The van der Waals surface area contributed by atoms with Crippen molar-refractivity contribution in [1.82, 2.24) is 15.1 Å². The third kappa shape index (κ3) is 3.49. The third-order valence-corrected chi connectivity index (χ3v) is 2.50. The van der Waals surface area contributed by atoms with Crippen LogP contribution in [0.15, 0.2) is 36.7 Å². The SMILES string of the molecule is CNCCCn1cc(Oc2ccc(O)cc2)cn1. The molecule has 5 heteroatoms. The quantitative estimate of drug-likeness (QED) is 0.766. The van der Waals surface area contributed by atoms with E-state index in [9.17, 15) is 0 Å². The highest BCUT2D eigenvalue weighted by molar-refractivity contribution is 5.33. The Morgan fingerprint density at radius 1 is 1.28 bits per heavy atom. The van der Waals surface area contributed by atoms with Crippen LogP contribution in [0.3, 0.4) is 0 Å². The highest BCUT2D eigenvalue weighted by Crippen LogP contribution is 2.22. The van der Waals surface area contributed by atoms with E-state index >= 15 is 0 Å². The number of nitrogens with zero attached hydrogens (tertiary/aromatic N) is 2. The maximum Gasteiger partial charge on any atom is 0.165 e. The van der Waals surface area contributed by atoms with Crippen molar-refractivity contribution in [3.05, 3.63) is 36.7 Å². The van der Waals surface area contributed by atoms with Crippen LogP contribution in [0.1, 0.15) is 6.42 Å². The number of ether oxygens (including phenoxy) is 1. The summed E-state index contributed by atoms with van der Waals surface area (Å²) in [5.74, 6) is 1.61. The predicted molar refractivity (Wildman–Crippen MR) is 69.0 cm³/mol. The number of nitrogens with one attached hydrogen (secondary N) is 1. The summed E-state index contributed by atoms with van der Waals surface area (Å²) in [5.41, 5.74) is 0. The summed E-state index contributed by atoms with van der Waals surface area (Å²) in [4.78, 5) is 0. The number of hydrogen-bond donors (Lipinski definition) is 2. The molecule has 0 aliphatic rings. The summed E-state index contributed by atoms with van der Waals surface area (Å²) in [5, 5.41) is 16.5. The number of phenolic OH excluding ortho intramolecular Hbond substituents is 1. The Kier molecular flexibility index (Phi) is 4.20. The number of aromatic nitrogens is 2. The zero-order valence-corrected chi connectivity index (χ0v) is 10.3. The molecule has 0 unspecified atom stereocenters. The smallest absolute Gasteiger partial charge is 0.165 e. The molecule has 0 amide bonds. The molecule has 2 rings (SSSR count). The summed E-state index contributed by atoms with van der Waals surface area (Å²) >= 11 is 0. The monoisotopic (exact) mass is 247 g/mol. The van der Waals surface area contributed by atoms with Gasteiger partial charge in [-0.05, 0) is 44.3 Å². The first-order valence-corrected chi connectivity index (χ1v) is 5.92. The molecule has 0 saturated carbocycles. The van der Waals surface area contributed by atoms with Crippen LogP contribution in [0.4, 0.5) is 0 Å². The van der Waals surface area contributed by atoms with Crippen molar-refractivity contribution >= 4 is 0 Å². The lowest BCUT2D eigenvalue weighted by Gasteiger charge is -2.02. The van der Waals surface area contributed by atoms with E-state index in [0.717, 1.165) is 19.5 Å². The van der Waals surface area contributed by atoms with Crippen molar-refractivity contribution in [2.24, 2.45) is 0 Å². The van der Waals surface area contributed by atoms with Crippen molar-refractivity contribution < 1.29 is 9.84 Å². The third-order valence-electron chi connectivity index (χ3n) is 2.50. The lowest BCUT2D eigenvalue weighted by Crippen LogP contribution is -2.11. The van der Waals surface area contributed by atoms with Crippen LogP contribution in [0.5, 0.6) is 17.2 Å². The fraction of sp³-hybridized carbons (Fsp3) is 0.308. The molecule has 5 nitrogen and oxygen atoms in total. The molecule has 0 aliphatic carbocycles. The summed E-state index contributed by atoms with van der Waals surface area (Å²) in [6.45, 7) is 1.83. The summed E-state index contributed by atoms with van der Waals surface area (Å²) in [6.07, 6.45) is 4.57. The summed E-state index contributed by atoms with van der Waals surface area (Å²) in [7, 11) is 1.93. The first kappa shape index (κ1) is 12.4. The molecular formula is C13H17N3O2. The Morgan fingerprint density at radius 3 is 2.78 bits per heavy atom. The van der Waals surface area contributed by atoms with Gasteiger partial charge in [0.05, 0.1) is 12.4 Å². The molecule has 18 heavy (non-hydrogen) atoms. The Hall–Kier alpha value is -2.01. The Labute approximate surface area is 106 Å². The highest BCUT2D eigenvalue weighted by atomic mass is 16.5. The van der Waals surface area contributed by atoms with Crippen LogP contribution in [-0.4, -0.2) is 28.5 Å². The molecule has 0 saturated heterocycles. The fourth-order valence-electron chi connectivity index (χ4n) is 1.59. The lowest BCUT2D eigenvalue weighted by atomic mass is 10.3. The molecule has 0 spiro atoms. The summed E-state index contributed by atoms with van der Waals surface area (Å²) < 4.78 is 7.46. The van der Waals surface area contributed by atoms with Gasteiger partial charge in [0, 0.05) is 6.54 Å². The molecule has 0 radical (unpaired) electrons. The number of rotatable bonds is 6. The first-order valence-electron chi connectivity index (χ1n) is 5.92. The van der Waals surface area contributed by atoms with E-state index in [-0.39, 0.29) is 5.75 Å². The van der Waals surface area contributed by atoms with Gasteiger partial charge in [-0.1, -0.05) is 0 Å². The van der Waals surface area contributed by atoms with Gasteiger partial charge in [-0.25, -0.2) is 0 Å². The van der Waals surface area contributed by atoms with Crippen LogP contribution in [-0.2, 0) is 6.54 Å². The van der Waals surface area contributed by atoms with Gasteiger partial charge in [0.25, 0.3) is 0 Å². The molecule has 0 aliphatic heterocycles. The first-order chi connectivity index (χ1) is 8.78. The second-order valence-corrected chi connectivity index (χ2v) is 3.99. The molecule has 0 atom stereocenters. The normalized spacial score (nSPS) is 10.5. The van der Waals surface area contributed by atoms with Gasteiger partial charge in [0.2, 0.25) is 0 Å². The van der Waals surface area contributed by atoms with E-state index in [1.165, 1.54) is 0 Å².